The summed E-state index contributed by atoms with van der Waals surface area (Å²) in [6.45, 7) is 10.1. The monoisotopic (exact) mass is 340 g/mol. The standard InChI is InChI=1S/C16H25BrN2O/c1-16(2,3)15-11-19(9-5-8-18-15)14-10-12(20-4)6-7-13(14)17/h6-7,10,15,18H,5,8-9,11H2,1-4H3. The first-order valence-electron chi connectivity index (χ1n) is 7.23. The molecule has 0 aromatic heterocycles. The van der Waals surface area contributed by atoms with E-state index in [-0.39, 0.29) is 5.41 Å². The fraction of sp³-hybridized carbons (Fsp3) is 0.625. The zero-order valence-electron chi connectivity index (χ0n) is 12.9. The topological polar surface area (TPSA) is 24.5 Å². The molecule has 1 aliphatic rings. The predicted octanol–water partition coefficient (Wildman–Crippen LogP) is 3.67. The Hall–Kier alpha value is -0.740. The number of rotatable bonds is 2. The van der Waals surface area contributed by atoms with E-state index >= 15 is 0 Å². The summed E-state index contributed by atoms with van der Waals surface area (Å²) >= 11 is 3.67. The molecule has 0 radical (unpaired) electrons. The minimum absolute atomic E-state index is 0.258. The van der Waals surface area contributed by atoms with E-state index in [1.807, 2.05) is 6.07 Å². The molecule has 4 heteroatoms. The molecule has 1 fully saturated rings. The van der Waals surface area contributed by atoms with Crippen molar-refractivity contribution in [3.63, 3.8) is 0 Å². The van der Waals surface area contributed by atoms with Crippen molar-refractivity contribution in [1.29, 1.82) is 0 Å². The van der Waals surface area contributed by atoms with E-state index in [0.29, 0.717) is 6.04 Å². The van der Waals surface area contributed by atoms with Gasteiger partial charge in [0.2, 0.25) is 0 Å². The van der Waals surface area contributed by atoms with Crippen LogP contribution in [0.15, 0.2) is 22.7 Å². The Morgan fingerprint density at radius 2 is 2.10 bits per heavy atom. The maximum Gasteiger partial charge on any atom is 0.121 e. The van der Waals surface area contributed by atoms with E-state index in [9.17, 15) is 0 Å². The Labute approximate surface area is 130 Å². The number of methoxy groups -OCH3 is 1. The van der Waals surface area contributed by atoms with Crippen LogP contribution in [0.2, 0.25) is 0 Å². The molecule has 0 saturated carbocycles. The number of nitrogens with zero attached hydrogens (tertiary/aromatic N) is 1. The molecule has 1 aromatic carbocycles. The molecular weight excluding hydrogens is 316 g/mol. The highest BCUT2D eigenvalue weighted by Gasteiger charge is 2.28. The summed E-state index contributed by atoms with van der Waals surface area (Å²) in [6, 6.07) is 6.67. The first-order chi connectivity index (χ1) is 9.41. The van der Waals surface area contributed by atoms with E-state index in [2.05, 4.69) is 59.1 Å². The fourth-order valence-electron chi connectivity index (χ4n) is 2.58. The molecule has 20 heavy (non-hydrogen) atoms. The van der Waals surface area contributed by atoms with Gasteiger partial charge in [-0.2, -0.15) is 0 Å². The second-order valence-electron chi connectivity index (χ2n) is 6.49. The SMILES string of the molecule is COc1ccc(Br)c(N2CCCNC(C(C)(C)C)C2)c1. The molecule has 1 aliphatic heterocycles. The van der Waals surface area contributed by atoms with Crippen LogP contribution in [0.3, 0.4) is 0 Å². The van der Waals surface area contributed by atoms with Crippen LogP contribution in [0, 0.1) is 5.41 Å². The Balaban J connectivity index is 2.26. The van der Waals surface area contributed by atoms with Gasteiger partial charge in [0.05, 0.1) is 12.8 Å². The van der Waals surface area contributed by atoms with Gasteiger partial charge in [-0.1, -0.05) is 20.8 Å². The molecule has 1 aromatic rings. The summed E-state index contributed by atoms with van der Waals surface area (Å²) in [6.07, 6.45) is 1.16. The van der Waals surface area contributed by atoms with Crippen molar-refractivity contribution in [3.05, 3.63) is 22.7 Å². The number of benzene rings is 1. The number of hydrogen-bond acceptors (Lipinski definition) is 3. The van der Waals surface area contributed by atoms with Crippen LogP contribution in [-0.2, 0) is 0 Å². The van der Waals surface area contributed by atoms with E-state index < -0.39 is 0 Å². The third-order valence-electron chi connectivity index (χ3n) is 3.94. The summed E-state index contributed by atoms with van der Waals surface area (Å²) in [5.74, 6) is 0.910. The van der Waals surface area contributed by atoms with Gasteiger partial charge in [0, 0.05) is 29.7 Å². The summed E-state index contributed by atoms with van der Waals surface area (Å²) < 4.78 is 6.50. The quantitative estimate of drug-likeness (QED) is 0.888. The highest BCUT2D eigenvalue weighted by atomic mass is 79.9. The van der Waals surface area contributed by atoms with Crippen molar-refractivity contribution in [1.82, 2.24) is 5.32 Å². The van der Waals surface area contributed by atoms with Crippen molar-refractivity contribution < 1.29 is 4.74 Å². The van der Waals surface area contributed by atoms with Crippen molar-refractivity contribution in [2.24, 2.45) is 5.41 Å². The van der Waals surface area contributed by atoms with Crippen LogP contribution in [0.4, 0.5) is 5.69 Å². The van der Waals surface area contributed by atoms with Crippen LogP contribution in [-0.4, -0.2) is 32.8 Å². The van der Waals surface area contributed by atoms with Gasteiger partial charge in [0.15, 0.2) is 0 Å². The summed E-state index contributed by atoms with van der Waals surface area (Å²) in [5.41, 5.74) is 1.48. The lowest BCUT2D eigenvalue weighted by molar-refractivity contribution is 0.280. The average Bonchev–Trinajstić information content (AvgIpc) is 2.64. The lowest BCUT2D eigenvalue weighted by Crippen LogP contribution is -2.46. The number of halogens is 1. The third-order valence-corrected chi connectivity index (χ3v) is 4.61. The molecule has 112 valence electrons. The van der Waals surface area contributed by atoms with Gasteiger partial charge in [-0.15, -0.1) is 0 Å². The van der Waals surface area contributed by atoms with Gasteiger partial charge >= 0.3 is 0 Å². The van der Waals surface area contributed by atoms with Crippen molar-refractivity contribution in [3.8, 4) is 5.75 Å². The van der Waals surface area contributed by atoms with Gasteiger partial charge in [-0.05, 0) is 46.4 Å². The summed E-state index contributed by atoms with van der Waals surface area (Å²) in [7, 11) is 1.72. The van der Waals surface area contributed by atoms with Gasteiger partial charge < -0.3 is 15.0 Å². The molecule has 1 unspecified atom stereocenters. The highest BCUT2D eigenvalue weighted by Crippen LogP contribution is 2.32. The summed E-state index contributed by atoms with van der Waals surface area (Å²) in [5, 5.41) is 3.68. The zero-order valence-corrected chi connectivity index (χ0v) is 14.5. The zero-order chi connectivity index (χ0) is 14.8. The molecule has 3 nitrogen and oxygen atoms in total. The Bertz CT molecular complexity index is 456. The average molecular weight is 341 g/mol. The van der Waals surface area contributed by atoms with Crippen LogP contribution >= 0.6 is 15.9 Å². The number of anilines is 1. The van der Waals surface area contributed by atoms with Gasteiger partial charge in [0.1, 0.15) is 5.75 Å². The number of nitrogens with one attached hydrogen (secondary N) is 1. The van der Waals surface area contributed by atoms with Crippen molar-refractivity contribution in [2.45, 2.75) is 33.2 Å². The number of hydrogen-bond donors (Lipinski definition) is 1. The predicted molar refractivity (Wildman–Crippen MR) is 88.8 cm³/mol. The maximum absolute atomic E-state index is 5.36. The lowest BCUT2D eigenvalue weighted by Gasteiger charge is -2.35. The smallest absolute Gasteiger partial charge is 0.121 e. The first kappa shape index (κ1) is 15.6. The fourth-order valence-corrected chi connectivity index (χ4v) is 3.08. The second kappa shape index (κ2) is 6.35. The Morgan fingerprint density at radius 3 is 2.75 bits per heavy atom. The molecule has 1 N–H and O–H groups in total. The molecule has 0 amide bonds. The minimum Gasteiger partial charge on any atom is -0.497 e. The van der Waals surface area contributed by atoms with E-state index in [0.717, 1.165) is 36.3 Å². The molecule has 0 aliphatic carbocycles. The van der Waals surface area contributed by atoms with Crippen LogP contribution in [0.1, 0.15) is 27.2 Å². The third kappa shape index (κ3) is 3.67. The van der Waals surface area contributed by atoms with Crippen LogP contribution in [0.25, 0.3) is 0 Å². The molecule has 0 spiro atoms. The van der Waals surface area contributed by atoms with Gasteiger partial charge in [-0.3, -0.25) is 0 Å². The van der Waals surface area contributed by atoms with Gasteiger partial charge in [-0.25, -0.2) is 0 Å². The molecule has 2 rings (SSSR count). The Kier molecular flexibility index (Phi) is 4.97. The lowest BCUT2D eigenvalue weighted by atomic mass is 9.86. The molecule has 1 saturated heterocycles. The molecule has 1 heterocycles. The number of ether oxygens (including phenoxy) is 1. The minimum atomic E-state index is 0.258. The van der Waals surface area contributed by atoms with E-state index in [1.54, 1.807) is 7.11 Å². The normalized spacial score (nSPS) is 20.6. The first-order valence-corrected chi connectivity index (χ1v) is 8.03. The van der Waals surface area contributed by atoms with Crippen molar-refractivity contribution in [2.75, 3.05) is 31.6 Å². The van der Waals surface area contributed by atoms with Crippen LogP contribution in [0.5, 0.6) is 5.75 Å². The maximum atomic E-state index is 5.36. The van der Waals surface area contributed by atoms with Gasteiger partial charge in [0.25, 0.3) is 0 Å². The van der Waals surface area contributed by atoms with E-state index in [1.165, 1.54) is 5.69 Å². The highest BCUT2D eigenvalue weighted by molar-refractivity contribution is 9.10. The molecule has 1 atom stereocenters. The molecular formula is C16H25BrN2O. The van der Waals surface area contributed by atoms with Crippen LogP contribution < -0.4 is 15.0 Å². The van der Waals surface area contributed by atoms with E-state index in [4.69, 9.17) is 4.74 Å². The largest absolute Gasteiger partial charge is 0.497 e. The molecule has 0 bridgehead atoms. The Morgan fingerprint density at radius 1 is 1.35 bits per heavy atom. The summed E-state index contributed by atoms with van der Waals surface area (Å²) in [4.78, 5) is 2.46. The van der Waals surface area contributed by atoms with Crippen molar-refractivity contribution >= 4 is 21.6 Å². The second-order valence-corrected chi connectivity index (χ2v) is 7.34.